The Labute approximate surface area is 101 Å². The predicted molar refractivity (Wildman–Crippen MR) is 67.0 cm³/mol. The topological polar surface area (TPSA) is 58.3 Å². The van der Waals surface area contributed by atoms with Crippen LogP contribution in [0.5, 0.6) is 5.75 Å². The zero-order chi connectivity index (χ0) is 11.5. The van der Waals surface area contributed by atoms with Gasteiger partial charge in [-0.1, -0.05) is 11.6 Å². The third kappa shape index (κ3) is 2.80. The van der Waals surface area contributed by atoms with E-state index in [1.165, 1.54) is 6.42 Å². The number of halogens is 1. The highest BCUT2D eigenvalue weighted by molar-refractivity contribution is 6.32. The predicted octanol–water partition coefficient (Wildman–Crippen LogP) is 2.73. The van der Waals surface area contributed by atoms with E-state index in [4.69, 9.17) is 17.3 Å². The van der Waals surface area contributed by atoms with Crippen LogP contribution in [0.3, 0.4) is 0 Å². The van der Waals surface area contributed by atoms with Crippen molar-refractivity contribution in [3.05, 3.63) is 23.2 Å². The summed E-state index contributed by atoms with van der Waals surface area (Å²) in [5.74, 6) is 0.118. The number of phenolic OH excluding ortho intramolecular Hbond substituents is 1. The Hall–Kier alpha value is -0.930. The highest BCUT2D eigenvalue weighted by atomic mass is 35.5. The number of hydrogen-bond donors (Lipinski definition) is 3. The average Bonchev–Trinajstić information content (AvgIpc) is 2.24. The second-order valence-electron chi connectivity index (χ2n) is 4.43. The summed E-state index contributed by atoms with van der Waals surface area (Å²) in [6.45, 7) is 0. The summed E-state index contributed by atoms with van der Waals surface area (Å²) in [5, 5.41) is 13.1. The third-order valence-electron chi connectivity index (χ3n) is 3.03. The maximum atomic E-state index is 9.31. The molecule has 1 aromatic carbocycles. The highest BCUT2D eigenvalue weighted by Crippen LogP contribution is 2.28. The summed E-state index contributed by atoms with van der Waals surface area (Å²) in [4.78, 5) is 0. The number of benzene rings is 1. The molecule has 2 unspecified atom stereocenters. The molecule has 0 bridgehead atoms. The van der Waals surface area contributed by atoms with Crippen LogP contribution in [-0.2, 0) is 0 Å². The lowest BCUT2D eigenvalue weighted by Crippen LogP contribution is -2.34. The number of hydrogen-bond acceptors (Lipinski definition) is 3. The molecule has 0 aromatic heterocycles. The first-order valence-corrected chi connectivity index (χ1v) is 6.03. The maximum Gasteiger partial charge on any atom is 0.134 e. The van der Waals surface area contributed by atoms with Gasteiger partial charge in [0.25, 0.3) is 0 Å². The van der Waals surface area contributed by atoms with Crippen molar-refractivity contribution in [3.63, 3.8) is 0 Å². The fourth-order valence-corrected chi connectivity index (χ4v) is 2.37. The molecule has 1 aromatic rings. The van der Waals surface area contributed by atoms with Gasteiger partial charge in [-0.15, -0.1) is 0 Å². The van der Waals surface area contributed by atoms with Gasteiger partial charge in [0.1, 0.15) is 5.75 Å². The van der Waals surface area contributed by atoms with E-state index in [-0.39, 0.29) is 5.75 Å². The van der Waals surface area contributed by atoms with Crippen LogP contribution in [0.1, 0.15) is 25.7 Å². The Bertz CT molecular complexity index is 370. The lowest BCUT2D eigenvalue weighted by molar-refractivity contribution is 0.409. The van der Waals surface area contributed by atoms with Crippen molar-refractivity contribution in [2.24, 2.45) is 5.73 Å². The fourth-order valence-electron chi connectivity index (χ4n) is 2.19. The van der Waals surface area contributed by atoms with Crippen LogP contribution in [0.4, 0.5) is 5.69 Å². The van der Waals surface area contributed by atoms with Crippen molar-refractivity contribution in [1.82, 2.24) is 0 Å². The number of nitrogens with one attached hydrogen (secondary N) is 1. The van der Waals surface area contributed by atoms with Crippen molar-refractivity contribution in [2.75, 3.05) is 5.32 Å². The molecule has 4 heteroatoms. The van der Waals surface area contributed by atoms with Crippen molar-refractivity contribution in [2.45, 2.75) is 37.8 Å². The molecule has 3 nitrogen and oxygen atoms in total. The largest absolute Gasteiger partial charge is 0.506 e. The Balaban J connectivity index is 2.00. The molecule has 0 radical (unpaired) electrons. The zero-order valence-electron chi connectivity index (χ0n) is 9.12. The molecule has 0 heterocycles. The molecule has 16 heavy (non-hydrogen) atoms. The number of nitrogens with two attached hydrogens (primary N) is 1. The Morgan fingerprint density at radius 3 is 2.88 bits per heavy atom. The first kappa shape index (κ1) is 11.6. The van der Waals surface area contributed by atoms with Crippen LogP contribution in [-0.4, -0.2) is 17.2 Å². The molecule has 0 saturated heterocycles. The molecule has 0 spiro atoms. The minimum atomic E-state index is 0.118. The van der Waals surface area contributed by atoms with Gasteiger partial charge < -0.3 is 16.2 Å². The molecule has 1 saturated carbocycles. The van der Waals surface area contributed by atoms with E-state index in [0.29, 0.717) is 17.1 Å². The number of anilines is 1. The van der Waals surface area contributed by atoms with Gasteiger partial charge >= 0.3 is 0 Å². The molecule has 88 valence electrons. The summed E-state index contributed by atoms with van der Waals surface area (Å²) >= 11 is 5.85. The standard InChI is InChI=1S/C12H17ClN2O/c13-11-7-10(4-5-12(11)16)15-9-3-1-2-8(14)6-9/h4-5,7-9,15-16H,1-3,6,14H2. The molecule has 2 atom stereocenters. The van der Waals surface area contributed by atoms with E-state index < -0.39 is 0 Å². The first-order valence-electron chi connectivity index (χ1n) is 5.66. The lowest BCUT2D eigenvalue weighted by Gasteiger charge is -2.28. The molecule has 1 aliphatic carbocycles. The van der Waals surface area contributed by atoms with E-state index in [2.05, 4.69) is 5.32 Å². The van der Waals surface area contributed by atoms with Crippen LogP contribution >= 0.6 is 11.6 Å². The summed E-state index contributed by atoms with van der Waals surface area (Å²) in [6, 6.07) is 5.91. The smallest absolute Gasteiger partial charge is 0.134 e. The van der Waals surface area contributed by atoms with Gasteiger partial charge in [0.2, 0.25) is 0 Å². The Morgan fingerprint density at radius 2 is 2.19 bits per heavy atom. The second kappa shape index (κ2) is 4.93. The van der Waals surface area contributed by atoms with Crippen LogP contribution in [0.2, 0.25) is 5.02 Å². The van der Waals surface area contributed by atoms with Crippen LogP contribution in [0.15, 0.2) is 18.2 Å². The SMILES string of the molecule is NC1CCCC(Nc2ccc(O)c(Cl)c2)C1. The molecule has 0 amide bonds. The van der Waals surface area contributed by atoms with Crippen LogP contribution in [0.25, 0.3) is 0 Å². The Morgan fingerprint density at radius 1 is 1.38 bits per heavy atom. The minimum Gasteiger partial charge on any atom is -0.506 e. The first-order chi connectivity index (χ1) is 7.65. The zero-order valence-corrected chi connectivity index (χ0v) is 9.87. The quantitative estimate of drug-likeness (QED) is 0.697. The van der Waals surface area contributed by atoms with Crippen LogP contribution in [0, 0.1) is 0 Å². The maximum absolute atomic E-state index is 9.31. The van der Waals surface area contributed by atoms with E-state index in [1.807, 2.05) is 6.07 Å². The average molecular weight is 241 g/mol. The number of phenols is 1. The third-order valence-corrected chi connectivity index (χ3v) is 3.34. The van der Waals surface area contributed by atoms with Crippen molar-refractivity contribution in [3.8, 4) is 5.75 Å². The Kier molecular flexibility index (Phi) is 3.56. The van der Waals surface area contributed by atoms with Gasteiger partial charge in [0.05, 0.1) is 5.02 Å². The molecule has 1 aliphatic rings. The summed E-state index contributed by atoms with van der Waals surface area (Å²) in [7, 11) is 0. The molecule has 2 rings (SSSR count). The monoisotopic (exact) mass is 240 g/mol. The molecule has 4 N–H and O–H groups in total. The molecule has 0 aliphatic heterocycles. The molecular weight excluding hydrogens is 224 g/mol. The normalized spacial score (nSPS) is 25.4. The lowest BCUT2D eigenvalue weighted by atomic mass is 9.91. The van der Waals surface area contributed by atoms with E-state index in [9.17, 15) is 5.11 Å². The number of rotatable bonds is 2. The highest BCUT2D eigenvalue weighted by Gasteiger charge is 2.18. The van der Waals surface area contributed by atoms with Gasteiger partial charge in [-0.05, 0) is 43.9 Å². The van der Waals surface area contributed by atoms with Crippen molar-refractivity contribution in [1.29, 1.82) is 0 Å². The minimum absolute atomic E-state index is 0.118. The second-order valence-corrected chi connectivity index (χ2v) is 4.84. The van der Waals surface area contributed by atoms with Crippen molar-refractivity contribution >= 4 is 17.3 Å². The van der Waals surface area contributed by atoms with Gasteiger partial charge in [-0.2, -0.15) is 0 Å². The van der Waals surface area contributed by atoms with Crippen LogP contribution < -0.4 is 11.1 Å². The molecule has 1 fully saturated rings. The van der Waals surface area contributed by atoms with Gasteiger partial charge in [-0.3, -0.25) is 0 Å². The van der Waals surface area contributed by atoms with E-state index >= 15 is 0 Å². The summed E-state index contributed by atoms with van der Waals surface area (Å²) in [6.07, 6.45) is 4.43. The fraction of sp³-hybridized carbons (Fsp3) is 0.500. The van der Waals surface area contributed by atoms with Gasteiger partial charge in [-0.25, -0.2) is 0 Å². The van der Waals surface area contributed by atoms with E-state index in [1.54, 1.807) is 12.1 Å². The van der Waals surface area contributed by atoms with E-state index in [0.717, 1.165) is 24.9 Å². The van der Waals surface area contributed by atoms with Gasteiger partial charge in [0, 0.05) is 17.8 Å². The summed E-state index contributed by atoms with van der Waals surface area (Å²) < 4.78 is 0. The van der Waals surface area contributed by atoms with Gasteiger partial charge in [0.15, 0.2) is 0 Å². The molecular formula is C12H17ClN2O. The number of aromatic hydroxyl groups is 1. The van der Waals surface area contributed by atoms with Crippen molar-refractivity contribution < 1.29 is 5.11 Å². The summed E-state index contributed by atoms with van der Waals surface area (Å²) in [5.41, 5.74) is 6.87.